The van der Waals surface area contributed by atoms with Gasteiger partial charge in [0.15, 0.2) is 6.61 Å². The van der Waals surface area contributed by atoms with Crippen LogP contribution in [0.25, 0.3) is 11.3 Å². The Kier molecular flexibility index (Phi) is 5.68. The zero-order chi connectivity index (χ0) is 19.2. The van der Waals surface area contributed by atoms with E-state index in [0.29, 0.717) is 5.69 Å². The average Bonchev–Trinajstić information content (AvgIpc) is 3.16. The van der Waals surface area contributed by atoms with Crippen LogP contribution >= 0.6 is 11.6 Å². The van der Waals surface area contributed by atoms with Crippen LogP contribution in [-0.4, -0.2) is 28.6 Å². The molecule has 0 aliphatic rings. The number of carbonyl (C=O) groups excluding carboxylic acids is 2. The van der Waals surface area contributed by atoms with Crippen LogP contribution in [0.15, 0.2) is 54.6 Å². The fraction of sp³-hybridized carbons (Fsp3) is 0.0556. The molecule has 3 aromatic rings. The minimum atomic E-state index is -0.619. The third-order valence-electron chi connectivity index (χ3n) is 3.46. The van der Waals surface area contributed by atoms with Gasteiger partial charge in [0.25, 0.3) is 11.8 Å². The monoisotopic (exact) mass is 388 g/mol. The van der Waals surface area contributed by atoms with Gasteiger partial charge in [-0.2, -0.15) is 5.10 Å². The molecule has 7 nitrogen and oxygen atoms in total. The van der Waals surface area contributed by atoms with Gasteiger partial charge in [-0.25, -0.2) is 4.39 Å². The Morgan fingerprint density at radius 2 is 1.89 bits per heavy atom. The lowest BCUT2D eigenvalue weighted by Crippen LogP contribution is -2.44. The number of H-pyrrole nitrogens is 1. The summed E-state index contributed by atoms with van der Waals surface area (Å²) in [6, 6.07) is 14.4. The Hall–Kier alpha value is -3.39. The Labute approximate surface area is 158 Å². The van der Waals surface area contributed by atoms with E-state index in [1.165, 1.54) is 6.07 Å². The molecular formula is C18H14ClFN4O3. The van der Waals surface area contributed by atoms with Crippen LogP contribution in [-0.2, 0) is 4.79 Å². The number of aromatic nitrogens is 2. The number of nitrogens with one attached hydrogen (secondary N) is 3. The number of hydrogen-bond acceptors (Lipinski definition) is 4. The number of hydrazine groups is 1. The van der Waals surface area contributed by atoms with Crippen molar-refractivity contribution in [2.24, 2.45) is 0 Å². The molecule has 0 saturated carbocycles. The van der Waals surface area contributed by atoms with Crippen LogP contribution < -0.4 is 15.6 Å². The second-order valence-electron chi connectivity index (χ2n) is 5.40. The normalized spacial score (nSPS) is 10.3. The maximum Gasteiger partial charge on any atom is 0.287 e. The summed E-state index contributed by atoms with van der Waals surface area (Å²) in [5.41, 5.74) is 6.07. The highest BCUT2D eigenvalue weighted by Gasteiger charge is 2.12. The molecule has 0 aliphatic carbocycles. The molecule has 0 saturated heterocycles. The highest BCUT2D eigenvalue weighted by atomic mass is 35.5. The predicted molar refractivity (Wildman–Crippen MR) is 96.5 cm³/mol. The van der Waals surface area contributed by atoms with Crippen molar-refractivity contribution in [3.63, 3.8) is 0 Å². The molecule has 9 heteroatoms. The van der Waals surface area contributed by atoms with Crippen LogP contribution in [0.5, 0.6) is 5.75 Å². The number of aromatic amines is 1. The zero-order valence-electron chi connectivity index (χ0n) is 13.8. The minimum absolute atomic E-state index is 0.0396. The Morgan fingerprint density at radius 1 is 1.11 bits per heavy atom. The fourth-order valence-electron chi connectivity index (χ4n) is 2.16. The van der Waals surface area contributed by atoms with Gasteiger partial charge in [-0.1, -0.05) is 41.9 Å². The topological polar surface area (TPSA) is 96.1 Å². The molecule has 0 spiro atoms. The van der Waals surface area contributed by atoms with Crippen molar-refractivity contribution in [3.05, 3.63) is 71.1 Å². The van der Waals surface area contributed by atoms with Crippen molar-refractivity contribution < 1.29 is 18.7 Å². The first-order valence-electron chi connectivity index (χ1n) is 7.81. The van der Waals surface area contributed by atoms with E-state index in [-0.39, 0.29) is 16.5 Å². The van der Waals surface area contributed by atoms with Gasteiger partial charge in [0, 0.05) is 5.56 Å². The predicted octanol–water partition coefficient (Wildman–Crippen LogP) is 2.71. The molecule has 2 amide bonds. The lowest BCUT2D eigenvalue weighted by molar-refractivity contribution is -0.123. The minimum Gasteiger partial charge on any atom is -0.482 e. The van der Waals surface area contributed by atoms with E-state index in [4.69, 9.17) is 16.3 Å². The Morgan fingerprint density at radius 3 is 2.63 bits per heavy atom. The molecule has 0 aliphatic heterocycles. The Balaban J connectivity index is 1.50. The molecular weight excluding hydrogens is 375 g/mol. The lowest BCUT2D eigenvalue weighted by atomic mass is 10.1. The summed E-state index contributed by atoms with van der Waals surface area (Å²) >= 11 is 5.80. The SMILES string of the molecule is O=C(COc1ccc(F)cc1Cl)NNC(=O)c1cc(-c2ccccc2)n[nH]1. The molecule has 1 aromatic heterocycles. The van der Waals surface area contributed by atoms with Gasteiger partial charge < -0.3 is 4.74 Å². The van der Waals surface area contributed by atoms with Crippen molar-refractivity contribution >= 4 is 23.4 Å². The number of rotatable bonds is 5. The van der Waals surface area contributed by atoms with Crippen molar-refractivity contribution in [1.82, 2.24) is 21.0 Å². The maximum absolute atomic E-state index is 13.0. The summed E-state index contributed by atoms with van der Waals surface area (Å²) in [5, 5.41) is 6.70. The molecule has 0 radical (unpaired) electrons. The molecule has 2 aromatic carbocycles. The molecule has 138 valence electrons. The van der Waals surface area contributed by atoms with Gasteiger partial charge in [0.2, 0.25) is 0 Å². The smallest absolute Gasteiger partial charge is 0.287 e. The number of benzene rings is 2. The molecule has 27 heavy (non-hydrogen) atoms. The summed E-state index contributed by atoms with van der Waals surface area (Å²) in [7, 11) is 0. The summed E-state index contributed by atoms with van der Waals surface area (Å²) in [6.45, 7) is -0.413. The number of hydrogen-bond donors (Lipinski definition) is 3. The van der Waals surface area contributed by atoms with E-state index in [9.17, 15) is 14.0 Å². The third kappa shape index (κ3) is 4.83. The second kappa shape index (κ2) is 8.33. The number of carbonyl (C=O) groups is 2. The second-order valence-corrected chi connectivity index (χ2v) is 5.81. The van der Waals surface area contributed by atoms with Gasteiger partial charge in [-0.15, -0.1) is 0 Å². The first kappa shape index (κ1) is 18.4. The first-order valence-corrected chi connectivity index (χ1v) is 8.18. The number of ether oxygens (including phenoxy) is 1. The standard InChI is InChI=1S/C18H14ClFN4O3/c19-13-8-12(20)6-7-16(13)27-10-17(25)23-24-18(26)15-9-14(21-22-15)11-4-2-1-3-5-11/h1-9H,10H2,(H,21,22)(H,23,25)(H,24,26). The molecule has 0 bridgehead atoms. The van der Waals surface area contributed by atoms with Gasteiger partial charge in [0.05, 0.1) is 10.7 Å². The largest absolute Gasteiger partial charge is 0.482 e. The van der Waals surface area contributed by atoms with E-state index in [1.807, 2.05) is 30.3 Å². The number of amides is 2. The molecule has 1 heterocycles. The molecule has 0 unspecified atom stereocenters. The summed E-state index contributed by atoms with van der Waals surface area (Å²) < 4.78 is 18.1. The maximum atomic E-state index is 13.0. The first-order chi connectivity index (χ1) is 13.0. The lowest BCUT2D eigenvalue weighted by Gasteiger charge is -2.09. The fourth-order valence-corrected chi connectivity index (χ4v) is 2.38. The van der Waals surface area contributed by atoms with Crippen LogP contribution in [0.4, 0.5) is 4.39 Å². The van der Waals surface area contributed by atoms with E-state index in [0.717, 1.165) is 17.7 Å². The van der Waals surface area contributed by atoms with Crippen molar-refractivity contribution in [2.45, 2.75) is 0 Å². The van der Waals surface area contributed by atoms with Crippen LogP contribution in [0.2, 0.25) is 5.02 Å². The zero-order valence-corrected chi connectivity index (χ0v) is 14.6. The van der Waals surface area contributed by atoms with Gasteiger partial charge >= 0.3 is 0 Å². The van der Waals surface area contributed by atoms with Crippen LogP contribution in [0.3, 0.4) is 0 Å². The number of nitrogens with zero attached hydrogens (tertiary/aromatic N) is 1. The van der Waals surface area contributed by atoms with Crippen LogP contribution in [0, 0.1) is 5.82 Å². The molecule has 3 rings (SSSR count). The molecule has 0 fully saturated rings. The van der Waals surface area contributed by atoms with Crippen LogP contribution in [0.1, 0.15) is 10.5 Å². The summed E-state index contributed by atoms with van der Waals surface area (Å²) in [4.78, 5) is 23.8. The molecule has 3 N–H and O–H groups in total. The van der Waals surface area contributed by atoms with Gasteiger partial charge in [-0.05, 0) is 24.3 Å². The van der Waals surface area contributed by atoms with E-state index >= 15 is 0 Å². The summed E-state index contributed by atoms with van der Waals surface area (Å²) in [5.74, 6) is -1.55. The third-order valence-corrected chi connectivity index (χ3v) is 3.76. The summed E-state index contributed by atoms with van der Waals surface area (Å²) in [6.07, 6.45) is 0. The average molecular weight is 389 g/mol. The molecule has 0 atom stereocenters. The van der Waals surface area contributed by atoms with Crippen molar-refractivity contribution in [3.8, 4) is 17.0 Å². The highest BCUT2D eigenvalue weighted by Crippen LogP contribution is 2.24. The van der Waals surface area contributed by atoms with Gasteiger partial charge in [0.1, 0.15) is 17.3 Å². The van der Waals surface area contributed by atoms with Gasteiger partial charge in [-0.3, -0.25) is 25.5 Å². The highest BCUT2D eigenvalue weighted by molar-refractivity contribution is 6.32. The van der Waals surface area contributed by atoms with E-state index < -0.39 is 24.2 Å². The quantitative estimate of drug-likeness (QED) is 0.585. The Bertz CT molecular complexity index is 962. The van der Waals surface area contributed by atoms with Crippen molar-refractivity contribution in [1.29, 1.82) is 0 Å². The van der Waals surface area contributed by atoms with E-state index in [2.05, 4.69) is 21.0 Å². The van der Waals surface area contributed by atoms with Crippen molar-refractivity contribution in [2.75, 3.05) is 6.61 Å². The number of halogens is 2. The van der Waals surface area contributed by atoms with E-state index in [1.54, 1.807) is 6.07 Å².